The zero-order valence-corrected chi connectivity index (χ0v) is 8.30. The van der Waals surface area contributed by atoms with Crippen LogP contribution in [0.5, 0.6) is 0 Å². The van der Waals surface area contributed by atoms with Crippen molar-refractivity contribution in [3.63, 3.8) is 0 Å². The summed E-state index contributed by atoms with van der Waals surface area (Å²) in [6.07, 6.45) is 1.82. The smallest absolute Gasteiger partial charge is 0.0742 e. The lowest BCUT2D eigenvalue weighted by atomic mass is 10.1. The molecule has 0 radical (unpaired) electrons. The van der Waals surface area contributed by atoms with Gasteiger partial charge >= 0.3 is 0 Å². The molecule has 0 saturated carbocycles. The van der Waals surface area contributed by atoms with Gasteiger partial charge in [-0.15, -0.1) is 0 Å². The van der Waals surface area contributed by atoms with Crippen LogP contribution in [0.25, 0.3) is 10.9 Å². The normalized spacial score (nSPS) is 10.5. The molecular weight excluding hydrogens is 214 g/mol. The highest BCUT2D eigenvalue weighted by Crippen LogP contribution is 2.23. The topological polar surface area (TPSA) is 12.9 Å². The second kappa shape index (κ2) is 2.87. The van der Waals surface area contributed by atoms with Crippen molar-refractivity contribution in [2.45, 2.75) is 6.92 Å². The molecule has 0 fully saturated rings. The molecule has 0 spiro atoms. The van der Waals surface area contributed by atoms with E-state index in [2.05, 4.69) is 46.0 Å². The van der Waals surface area contributed by atoms with Crippen LogP contribution in [0.15, 0.2) is 34.9 Å². The zero-order chi connectivity index (χ0) is 8.55. The number of benzene rings is 1. The van der Waals surface area contributed by atoms with Crippen LogP contribution >= 0.6 is 15.9 Å². The third-order valence-corrected chi connectivity index (χ3v) is 2.82. The van der Waals surface area contributed by atoms with Crippen molar-refractivity contribution in [1.29, 1.82) is 0 Å². The highest BCUT2D eigenvalue weighted by atomic mass is 79.9. The molecule has 0 aliphatic heterocycles. The Balaban J connectivity index is 2.91. The molecule has 0 N–H and O–H groups in total. The SMILES string of the molecule is Cc1c(Br)ccc2cccnc12. The summed E-state index contributed by atoms with van der Waals surface area (Å²) in [5, 5.41) is 1.19. The first-order valence-corrected chi connectivity index (χ1v) is 4.58. The average Bonchev–Trinajstić information content (AvgIpc) is 2.12. The van der Waals surface area contributed by atoms with Crippen molar-refractivity contribution in [2.75, 3.05) is 0 Å². The second-order valence-corrected chi connectivity index (χ2v) is 3.60. The fourth-order valence-corrected chi connectivity index (χ4v) is 1.59. The Morgan fingerprint density at radius 2 is 2.08 bits per heavy atom. The minimum Gasteiger partial charge on any atom is -0.256 e. The van der Waals surface area contributed by atoms with E-state index in [1.54, 1.807) is 0 Å². The molecule has 12 heavy (non-hydrogen) atoms. The Bertz CT molecular complexity index is 423. The van der Waals surface area contributed by atoms with Gasteiger partial charge < -0.3 is 0 Å². The number of rotatable bonds is 0. The number of fused-ring (bicyclic) bond motifs is 1. The molecule has 0 aliphatic rings. The van der Waals surface area contributed by atoms with Gasteiger partial charge in [0.05, 0.1) is 5.52 Å². The van der Waals surface area contributed by atoms with Gasteiger partial charge in [-0.2, -0.15) is 0 Å². The zero-order valence-electron chi connectivity index (χ0n) is 6.71. The van der Waals surface area contributed by atoms with E-state index in [-0.39, 0.29) is 0 Å². The molecular formula is C10H8BrN. The van der Waals surface area contributed by atoms with E-state index >= 15 is 0 Å². The van der Waals surface area contributed by atoms with Crippen LogP contribution in [0.3, 0.4) is 0 Å². The molecule has 1 aromatic carbocycles. The van der Waals surface area contributed by atoms with Gasteiger partial charge in [0.25, 0.3) is 0 Å². The predicted molar refractivity (Wildman–Crippen MR) is 54.2 cm³/mol. The van der Waals surface area contributed by atoms with Gasteiger partial charge in [-0.3, -0.25) is 4.98 Å². The Kier molecular flexibility index (Phi) is 1.85. The molecule has 1 aromatic heterocycles. The van der Waals surface area contributed by atoms with Gasteiger partial charge in [-0.05, 0) is 24.6 Å². The molecule has 1 heterocycles. The molecule has 0 bridgehead atoms. The summed E-state index contributed by atoms with van der Waals surface area (Å²) in [6.45, 7) is 2.07. The lowest BCUT2D eigenvalue weighted by Gasteiger charge is -2.01. The minimum absolute atomic E-state index is 1.08. The third-order valence-electron chi connectivity index (χ3n) is 1.96. The monoisotopic (exact) mass is 221 g/mol. The van der Waals surface area contributed by atoms with Gasteiger partial charge in [0.2, 0.25) is 0 Å². The molecule has 2 rings (SSSR count). The van der Waals surface area contributed by atoms with Gasteiger partial charge in [-0.1, -0.05) is 28.1 Å². The summed E-state index contributed by atoms with van der Waals surface area (Å²) >= 11 is 3.48. The highest BCUT2D eigenvalue weighted by molar-refractivity contribution is 9.10. The molecule has 0 saturated heterocycles. The summed E-state index contributed by atoms with van der Waals surface area (Å²) in [4.78, 5) is 4.31. The van der Waals surface area contributed by atoms with E-state index < -0.39 is 0 Å². The van der Waals surface area contributed by atoms with E-state index in [1.165, 1.54) is 10.9 Å². The van der Waals surface area contributed by atoms with Gasteiger partial charge in [-0.25, -0.2) is 0 Å². The maximum atomic E-state index is 4.31. The summed E-state index contributed by atoms with van der Waals surface area (Å²) in [5.74, 6) is 0. The Hall–Kier alpha value is -0.890. The first-order chi connectivity index (χ1) is 5.79. The Labute approximate surface area is 79.6 Å². The van der Waals surface area contributed by atoms with Crippen molar-refractivity contribution < 1.29 is 0 Å². The van der Waals surface area contributed by atoms with Crippen molar-refractivity contribution in [3.05, 3.63) is 40.5 Å². The fraction of sp³-hybridized carbons (Fsp3) is 0.100. The number of hydrogen-bond acceptors (Lipinski definition) is 1. The molecule has 2 aromatic rings. The predicted octanol–water partition coefficient (Wildman–Crippen LogP) is 3.31. The van der Waals surface area contributed by atoms with E-state index in [0.29, 0.717) is 0 Å². The van der Waals surface area contributed by atoms with Crippen LogP contribution in [0.4, 0.5) is 0 Å². The molecule has 0 atom stereocenters. The van der Waals surface area contributed by atoms with E-state index in [4.69, 9.17) is 0 Å². The van der Waals surface area contributed by atoms with Crippen molar-refractivity contribution in [1.82, 2.24) is 4.98 Å². The fourth-order valence-electron chi connectivity index (χ4n) is 1.27. The van der Waals surface area contributed by atoms with E-state index in [9.17, 15) is 0 Å². The largest absolute Gasteiger partial charge is 0.256 e. The Morgan fingerprint density at radius 3 is 2.92 bits per heavy atom. The molecule has 60 valence electrons. The second-order valence-electron chi connectivity index (χ2n) is 2.75. The number of pyridine rings is 1. The Morgan fingerprint density at radius 1 is 1.25 bits per heavy atom. The number of hydrogen-bond donors (Lipinski definition) is 0. The summed E-state index contributed by atoms with van der Waals surface area (Å²) in [5.41, 5.74) is 2.28. The molecule has 0 amide bonds. The van der Waals surface area contributed by atoms with E-state index in [1.807, 2.05) is 12.3 Å². The summed E-state index contributed by atoms with van der Waals surface area (Å²) in [7, 11) is 0. The van der Waals surface area contributed by atoms with Crippen molar-refractivity contribution >= 4 is 26.8 Å². The van der Waals surface area contributed by atoms with Gasteiger partial charge in [0, 0.05) is 16.1 Å². The van der Waals surface area contributed by atoms with Gasteiger partial charge in [0.15, 0.2) is 0 Å². The first kappa shape index (κ1) is 7.74. The quantitative estimate of drug-likeness (QED) is 0.666. The van der Waals surface area contributed by atoms with Crippen molar-refractivity contribution in [2.24, 2.45) is 0 Å². The number of halogens is 1. The van der Waals surface area contributed by atoms with E-state index in [0.717, 1.165) is 9.99 Å². The lowest BCUT2D eigenvalue weighted by molar-refractivity contribution is 1.35. The maximum absolute atomic E-state index is 4.31. The molecule has 2 heteroatoms. The third kappa shape index (κ3) is 1.12. The first-order valence-electron chi connectivity index (χ1n) is 3.79. The van der Waals surface area contributed by atoms with Gasteiger partial charge in [0.1, 0.15) is 0 Å². The molecule has 0 unspecified atom stereocenters. The van der Waals surface area contributed by atoms with Crippen LogP contribution in [0, 0.1) is 6.92 Å². The van der Waals surface area contributed by atoms with Crippen molar-refractivity contribution in [3.8, 4) is 0 Å². The standard InChI is InChI=1S/C10H8BrN/c1-7-9(11)5-4-8-3-2-6-12-10(7)8/h2-6H,1H3. The average molecular weight is 222 g/mol. The van der Waals surface area contributed by atoms with Crippen LogP contribution in [0.1, 0.15) is 5.56 Å². The maximum Gasteiger partial charge on any atom is 0.0742 e. The van der Waals surface area contributed by atoms with Crippen LogP contribution in [0.2, 0.25) is 0 Å². The number of aromatic nitrogens is 1. The molecule has 0 aliphatic carbocycles. The summed E-state index contributed by atoms with van der Waals surface area (Å²) in [6, 6.07) is 8.15. The number of nitrogens with zero attached hydrogens (tertiary/aromatic N) is 1. The van der Waals surface area contributed by atoms with Crippen LogP contribution in [-0.4, -0.2) is 4.98 Å². The minimum atomic E-state index is 1.08. The molecule has 1 nitrogen and oxygen atoms in total. The summed E-state index contributed by atoms with van der Waals surface area (Å²) < 4.78 is 1.12. The lowest BCUT2D eigenvalue weighted by Crippen LogP contribution is -1.82. The van der Waals surface area contributed by atoms with Crippen LogP contribution < -0.4 is 0 Å². The number of aryl methyl sites for hydroxylation is 1. The highest BCUT2D eigenvalue weighted by Gasteiger charge is 2.00. The van der Waals surface area contributed by atoms with Crippen LogP contribution in [-0.2, 0) is 0 Å².